The van der Waals surface area contributed by atoms with Crippen LogP contribution in [0.4, 0.5) is 0 Å². The van der Waals surface area contributed by atoms with E-state index in [1.807, 2.05) is 19.9 Å². The van der Waals surface area contributed by atoms with Crippen molar-refractivity contribution < 1.29 is 4.79 Å². The summed E-state index contributed by atoms with van der Waals surface area (Å²) in [6.45, 7) is 4.96. The molecule has 0 spiro atoms. The summed E-state index contributed by atoms with van der Waals surface area (Å²) in [5, 5.41) is 0. The van der Waals surface area contributed by atoms with Crippen LogP contribution in [0.15, 0.2) is 18.5 Å². The van der Waals surface area contributed by atoms with Gasteiger partial charge in [-0.2, -0.15) is 0 Å². The minimum absolute atomic E-state index is 0.0454. The first-order chi connectivity index (χ1) is 7.69. The number of nitrogens with zero attached hydrogens (tertiary/aromatic N) is 2. The number of pyridine rings is 1. The quantitative estimate of drug-likeness (QED) is 0.720. The molecule has 0 radical (unpaired) electrons. The maximum atomic E-state index is 12.1. The number of carbonyl (C=O) groups excluding carboxylic acids is 1. The first-order valence-corrected chi connectivity index (χ1v) is 5.33. The molecule has 0 atom stereocenters. The topological polar surface area (TPSA) is 33.2 Å². The van der Waals surface area contributed by atoms with Crippen LogP contribution in [-0.4, -0.2) is 28.9 Å². The van der Waals surface area contributed by atoms with Gasteiger partial charge in [-0.15, -0.1) is 6.42 Å². The van der Waals surface area contributed by atoms with Crippen molar-refractivity contribution in [2.24, 2.45) is 0 Å². The van der Waals surface area contributed by atoms with Gasteiger partial charge in [0.15, 0.2) is 0 Å². The number of aryl methyl sites for hydroxylation is 1. The van der Waals surface area contributed by atoms with Gasteiger partial charge in [0.05, 0.1) is 12.1 Å². The van der Waals surface area contributed by atoms with Gasteiger partial charge in [-0.25, -0.2) is 0 Å². The summed E-state index contributed by atoms with van der Waals surface area (Å²) in [7, 11) is 0. The van der Waals surface area contributed by atoms with E-state index in [0.717, 1.165) is 12.0 Å². The van der Waals surface area contributed by atoms with Crippen LogP contribution in [0.2, 0.25) is 0 Å². The Morgan fingerprint density at radius 1 is 1.56 bits per heavy atom. The Kier molecular flexibility index (Phi) is 4.53. The van der Waals surface area contributed by atoms with Crippen LogP contribution in [0.1, 0.15) is 29.3 Å². The lowest BCUT2D eigenvalue weighted by Crippen LogP contribution is -2.32. The van der Waals surface area contributed by atoms with Crippen LogP contribution in [0.5, 0.6) is 0 Å². The minimum Gasteiger partial charge on any atom is -0.327 e. The third-order valence-electron chi connectivity index (χ3n) is 2.18. The molecule has 0 aliphatic rings. The van der Waals surface area contributed by atoms with E-state index in [2.05, 4.69) is 10.9 Å². The molecule has 1 heterocycles. The molecule has 0 saturated carbocycles. The second-order valence-corrected chi connectivity index (χ2v) is 3.68. The van der Waals surface area contributed by atoms with Gasteiger partial charge in [0, 0.05) is 18.9 Å². The molecule has 0 aliphatic carbocycles. The van der Waals surface area contributed by atoms with E-state index in [9.17, 15) is 4.79 Å². The van der Waals surface area contributed by atoms with Crippen molar-refractivity contribution in [2.75, 3.05) is 13.1 Å². The number of aromatic nitrogens is 1. The maximum absolute atomic E-state index is 12.1. The fourth-order valence-electron chi connectivity index (χ4n) is 1.49. The summed E-state index contributed by atoms with van der Waals surface area (Å²) < 4.78 is 0. The number of terminal acetylenes is 1. The van der Waals surface area contributed by atoms with Crippen LogP contribution < -0.4 is 0 Å². The van der Waals surface area contributed by atoms with Gasteiger partial charge in [-0.3, -0.25) is 9.78 Å². The molecule has 0 aliphatic heterocycles. The van der Waals surface area contributed by atoms with E-state index in [1.165, 1.54) is 0 Å². The maximum Gasteiger partial charge on any atom is 0.256 e. The van der Waals surface area contributed by atoms with E-state index in [4.69, 9.17) is 6.42 Å². The third-order valence-corrected chi connectivity index (χ3v) is 2.18. The molecule has 1 aromatic heterocycles. The molecule has 84 valence electrons. The molecule has 0 unspecified atom stereocenters. The van der Waals surface area contributed by atoms with Gasteiger partial charge >= 0.3 is 0 Å². The van der Waals surface area contributed by atoms with E-state index in [-0.39, 0.29) is 5.91 Å². The normalized spacial score (nSPS) is 9.56. The zero-order chi connectivity index (χ0) is 12.0. The molecular weight excluding hydrogens is 200 g/mol. The zero-order valence-electron chi connectivity index (χ0n) is 9.73. The Morgan fingerprint density at radius 2 is 2.31 bits per heavy atom. The van der Waals surface area contributed by atoms with Crippen molar-refractivity contribution in [3.05, 3.63) is 29.6 Å². The molecule has 0 fully saturated rings. The molecule has 16 heavy (non-hydrogen) atoms. The zero-order valence-corrected chi connectivity index (χ0v) is 9.73. The Hall–Kier alpha value is -1.82. The smallest absolute Gasteiger partial charge is 0.256 e. The van der Waals surface area contributed by atoms with Crippen molar-refractivity contribution in [3.63, 3.8) is 0 Å². The van der Waals surface area contributed by atoms with Gasteiger partial charge < -0.3 is 4.90 Å². The summed E-state index contributed by atoms with van der Waals surface area (Å²) >= 11 is 0. The largest absolute Gasteiger partial charge is 0.327 e. The third kappa shape index (κ3) is 3.09. The molecule has 1 amide bonds. The lowest BCUT2D eigenvalue weighted by Gasteiger charge is -2.19. The fourth-order valence-corrected chi connectivity index (χ4v) is 1.49. The summed E-state index contributed by atoms with van der Waals surface area (Å²) in [5.74, 6) is 2.46. The molecule has 0 aromatic carbocycles. The number of hydrogen-bond acceptors (Lipinski definition) is 2. The molecule has 3 nitrogen and oxygen atoms in total. The fraction of sp³-hybridized carbons (Fsp3) is 0.385. The van der Waals surface area contributed by atoms with Gasteiger partial charge in [0.1, 0.15) is 0 Å². The van der Waals surface area contributed by atoms with Crippen LogP contribution in [0, 0.1) is 19.3 Å². The summed E-state index contributed by atoms with van der Waals surface area (Å²) in [5.41, 5.74) is 1.58. The van der Waals surface area contributed by atoms with Crippen molar-refractivity contribution >= 4 is 5.91 Å². The molecule has 1 rings (SSSR count). The number of hydrogen-bond donors (Lipinski definition) is 0. The van der Waals surface area contributed by atoms with Gasteiger partial charge in [-0.05, 0) is 25.0 Å². The predicted octanol–water partition coefficient (Wildman–Crippen LogP) is 1.88. The lowest BCUT2D eigenvalue weighted by atomic mass is 10.2. The highest BCUT2D eigenvalue weighted by atomic mass is 16.2. The Balaban J connectivity index is 2.86. The van der Waals surface area contributed by atoms with Gasteiger partial charge in [0.25, 0.3) is 5.91 Å². The first-order valence-electron chi connectivity index (χ1n) is 5.33. The molecule has 0 saturated heterocycles. The number of rotatable bonds is 4. The van der Waals surface area contributed by atoms with Crippen LogP contribution in [0.25, 0.3) is 0 Å². The second kappa shape index (κ2) is 5.92. The van der Waals surface area contributed by atoms with Crippen molar-refractivity contribution in [1.82, 2.24) is 9.88 Å². The second-order valence-electron chi connectivity index (χ2n) is 3.68. The van der Waals surface area contributed by atoms with Crippen LogP contribution in [0.3, 0.4) is 0 Å². The van der Waals surface area contributed by atoms with E-state index in [0.29, 0.717) is 18.7 Å². The standard InChI is InChI=1S/C13H16N2O/c1-4-6-15(7-5-2)13(16)12-8-11(3)9-14-10-12/h1,8-10H,5-7H2,2-3H3. The summed E-state index contributed by atoms with van der Waals surface area (Å²) in [4.78, 5) is 17.7. The van der Waals surface area contributed by atoms with Crippen LogP contribution in [-0.2, 0) is 0 Å². The number of carbonyl (C=O) groups is 1. The lowest BCUT2D eigenvalue weighted by molar-refractivity contribution is 0.0776. The van der Waals surface area contributed by atoms with E-state index < -0.39 is 0 Å². The molecular formula is C13H16N2O. The molecule has 0 N–H and O–H groups in total. The van der Waals surface area contributed by atoms with Crippen molar-refractivity contribution in [1.29, 1.82) is 0 Å². The van der Waals surface area contributed by atoms with E-state index >= 15 is 0 Å². The van der Waals surface area contributed by atoms with E-state index in [1.54, 1.807) is 17.3 Å². The van der Waals surface area contributed by atoms with Gasteiger partial charge in [-0.1, -0.05) is 12.8 Å². The predicted molar refractivity (Wildman–Crippen MR) is 64.0 cm³/mol. The molecule has 0 bridgehead atoms. The van der Waals surface area contributed by atoms with Crippen LogP contribution >= 0.6 is 0 Å². The van der Waals surface area contributed by atoms with Gasteiger partial charge in [0.2, 0.25) is 0 Å². The minimum atomic E-state index is -0.0454. The average Bonchev–Trinajstić information content (AvgIpc) is 2.28. The average molecular weight is 216 g/mol. The Labute approximate surface area is 96.5 Å². The highest BCUT2D eigenvalue weighted by Gasteiger charge is 2.14. The SMILES string of the molecule is C#CCN(CCC)C(=O)c1cncc(C)c1. The Bertz CT molecular complexity index is 407. The first kappa shape index (κ1) is 12.3. The van der Waals surface area contributed by atoms with Crippen molar-refractivity contribution in [3.8, 4) is 12.3 Å². The number of amides is 1. The molecule has 1 aromatic rings. The highest BCUT2D eigenvalue weighted by molar-refractivity contribution is 5.94. The summed E-state index contributed by atoms with van der Waals surface area (Å²) in [6, 6.07) is 1.83. The highest BCUT2D eigenvalue weighted by Crippen LogP contribution is 2.06. The Morgan fingerprint density at radius 3 is 2.88 bits per heavy atom. The van der Waals surface area contributed by atoms with Crippen molar-refractivity contribution in [2.45, 2.75) is 20.3 Å². The molecule has 3 heteroatoms. The summed E-state index contributed by atoms with van der Waals surface area (Å²) in [6.07, 6.45) is 9.44. The monoisotopic (exact) mass is 216 g/mol.